The van der Waals surface area contributed by atoms with Crippen molar-refractivity contribution in [2.24, 2.45) is 11.8 Å². The van der Waals surface area contributed by atoms with Crippen LogP contribution in [0.2, 0.25) is 0 Å². The van der Waals surface area contributed by atoms with E-state index in [1.165, 1.54) is 48.8 Å². The van der Waals surface area contributed by atoms with Crippen molar-refractivity contribution in [3.63, 3.8) is 0 Å². The molecule has 2 N–H and O–H groups in total. The van der Waals surface area contributed by atoms with Crippen molar-refractivity contribution in [1.82, 2.24) is 9.97 Å². The number of alkyl halides is 2. The molecule has 1 saturated carbocycles. The zero-order valence-corrected chi connectivity index (χ0v) is 18.4. The average Bonchev–Trinajstić information content (AvgIpc) is 2.82. The summed E-state index contributed by atoms with van der Waals surface area (Å²) in [6, 6.07) is 11.4. The van der Waals surface area contributed by atoms with E-state index in [0.29, 0.717) is 22.9 Å². The van der Waals surface area contributed by atoms with Crippen LogP contribution in [0.15, 0.2) is 65.7 Å². The second kappa shape index (κ2) is 9.70. The van der Waals surface area contributed by atoms with Gasteiger partial charge in [-0.1, -0.05) is 13.0 Å². The van der Waals surface area contributed by atoms with E-state index in [-0.39, 0.29) is 42.5 Å². The largest absolute Gasteiger partial charge is 0.456 e. The summed E-state index contributed by atoms with van der Waals surface area (Å²) in [7, 11) is 0. The lowest BCUT2D eigenvalue weighted by atomic mass is 9.71. The molecule has 0 aliphatic heterocycles. The predicted octanol–water partition coefficient (Wildman–Crippen LogP) is 5.50. The van der Waals surface area contributed by atoms with Crippen molar-refractivity contribution in [1.29, 1.82) is 0 Å². The zero-order chi connectivity index (χ0) is 24.3. The number of pyridine rings is 2. The quantitative estimate of drug-likeness (QED) is 0.498. The number of anilines is 1. The lowest BCUT2D eigenvalue weighted by molar-refractivity contribution is -0.124. The maximum Gasteiger partial charge on any atom is 0.254 e. The summed E-state index contributed by atoms with van der Waals surface area (Å²) in [5, 5.41) is 2.73. The molecule has 1 aromatic carbocycles. The van der Waals surface area contributed by atoms with E-state index in [1.54, 1.807) is 19.1 Å². The number of H-pyrrole nitrogens is 1. The van der Waals surface area contributed by atoms with Crippen LogP contribution >= 0.6 is 0 Å². The van der Waals surface area contributed by atoms with Gasteiger partial charge in [-0.15, -0.1) is 0 Å². The molecule has 3 atom stereocenters. The van der Waals surface area contributed by atoms with E-state index in [9.17, 15) is 22.8 Å². The van der Waals surface area contributed by atoms with Gasteiger partial charge in [-0.2, -0.15) is 0 Å². The van der Waals surface area contributed by atoms with Crippen molar-refractivity contribution in [3.05, 3.63) is 82.7 Å². The van der Waals surface area contributed by atoms with Gasteiger partial charge >= 0.3 is 0 Å². The van der Waals surface area contributed by atoms with Crippen LogP contribution in [0.3, 0.4) is 0 Å². The van der Waals surface area contributed by atoms with Crippen molar-refractivity contribution in [3.8, 4) is 11.5 Å². The molecule has 0 saturated heterocycles. The lowest BCUT2D eigenvalue weighted by Crippen LogP contribution is -2.38. The van der Waals surface area contributed by atoms with E-state index in [4.69, 9.17) is 4.74 Å². The molecule has 0 spiro atoms. The molecule has 0 bridgehead atoms. The van der Waals surface area contributed by atoms with Gasteiger partial charge in [-0.3, -0.25) is 9.59 Å². The van der Waals surface area contributed by atoms with E-state index < -0.39 is 17.8 Å². The number of aromatic nitrogens is 2. The first kappa shape index (κ1) is 23.5. The molecule has 6 nitrogen and oxygen atoms in total. The first-order valence-corrected chi connectivity index (χ1v) is 11.0. The smallest absolute Gasteiger partial charge is 0.254 e. The van der Waals surface area contributed by atoms with Gasteiger partial charge in [-0.05, 0) is 60.7 Å². The van der Waals surface area contributed by atoms with Gasteiger partial charge in [0.1, 0.15) is 23.1 Å². The number of aromatic amines is 1. The molecule has 1 aliphatic rings. The fraction of sp³-hybridized carbons (Fsp3) is 0.320. The van der Waals surface area contributed by atoms with Gasteiger partial charge in [-0.25, -0.2) is 18.2 Å². The number of benzene rings is 1. The highest BCUT2D eigenvalue weighted by Crippen LogP contribution is 2.48. The van der Waals surface area contributed by atoms with E-state index in [0.717, 1.165) is 0 Å². The molecule has 34 heavy (non-hydrogen) atoms. The van der Waals surface area contributed by atoms with E-state index >= 15 is 0 Å². The third kappa shape index (κ3) is 5.47. The van der Waals surface area contributed by atoms with Crippen LogP contribution in [-0.4, -0.2) is 21.8 Å². The molecular formula is C25H24F3N3O3. The number of hydrogen-bond acceptors (Lipinski definition) is 4. The fourth-order valence-corrected chi connectivity index (χ4v) is 4.23. The summed E-state index contributed by atoms with van der Waals surface area (Å²) in [6.07, 6.45) is 2.78. The van der Waals surface area contributed by atoms with Crippen LogP contribution in [0.5, 0.6) is 11.5 Å². The van der Waals surface area contributed by atoms with Crippen LogP contribution in [0, 0.1) is 17.7 Å². The van der Waals surface area contributed by atoms with Crippen molar-refractivity contribution in [2.75, 3.05) is 5.32 Å². The molecule has 3 aromatic rings. The third-order valence-corrected chi connectivity index (χ3v) is 6.26. The van der Waals surface area contributed by atoms with Gasteiger partial charge in [0.25, 0.3) is 5.92 Å². The first-order valence-electron chi connectivity index (χ1n) is 11.0. The number of carbonyl (C=O) groups is 1. The minimum atomic E-state index is -2.91. The second-order valence-electron chi connectivity index (χ2n) is 8.55. The number of nitrogens with one attached hydrogen (secondary N) is 2. The Morgan fingerprint density at radius 3 is 2.53 bits per heavy atom. The highest BCUT2D eigenvalue weighted by molar-refractivity contribution is 5.91. The van der Waals surface area contributed by atoms with Gasteiger partial charge < -0.3 is 15.0 Å². The van der Waals surface area contributed by atoms with Crippen LogP contribution in [-0.2, 0) is 4.79 Å². The fourth-order valence-electron chi connectivity index (χ4n) is 4.23. The lowest BCUT2D eigenvalue weighted by Gasteiger charge is -2.38. The molecule has 2 aromatic heterocycles. The zero-order valence-electron chi connectivity index (χ0n) is 18.4. The maximum atomic E-state index is 14.6. The number of halogens is 3. The molecular weight excluding hydrogens is 447 g/mol. The minimum Gasteiger partial charge on any atom is -0.456 e. The molecule has 2 heterocycles. The molecule has 1 amide bonds. The van der Waals surface area contributed by atoms with E-state index in [2.05, 4.69) is 15.3 Å². The normalized spacial score (nSPS) is 20.4. The topological polar surface area (TPSA) is 84.1 Å². The Balaban J connectivity index is 1.38. The highest BCUT2D eigenvalue weighted by atomic mass is 19.3. The van der Waals surface area contributed by atoms with Gasteiger partial charge in [0, 0.05) is 30.5 Å². The Morgan fingerprint density at radius 2 is 1.88 bits per heavy atom. The van der Waals surface area contributed by atoms with Gasteiger partial charge in [0.2, 0.25) is 11.5 Å². The molecule has 1 fully saturated rings. The number of amides is 1. The SMILES string of the molecule is CC(C(=O)Nc1ccc(Oc2ccc(F)cc2)cn1)C1CCC(F)(F)C(c2ccc(=O)[nH]c2)C1. The number of hydrogen-bond donors (Lipinski definition) is 2. The monoisotopic (exact) mass is 471 g/mol. The molecule has 1 aliphatic carbocycles. The molecule has 0 radical (unpaired) electrons. The minimum absolute atomic E-state index is 0.130. The Bertz CT molecular complexity index is 1180. The van der Waals surface area contributed by atoms with Crippen molar-refractivity contribution >= 4 is 11.7 Å². The van der Waals surface area contributed by atoms with Gasteiger partial charge in [0.15, 0.2) is 0 Å². The summed E-state index contributed by atoms with van der Waals surface area (Å²) < 4.78 is 47.8. The van der Waals surface area contributed by atoms with Crippen LogP contribution in [0.25, 0.3) is 0 Å². The predicted molar refractivity (Wildman–Crippen MR) is 121 cm³/mol. The Kier molecular flexibility index (Phi) is 6.72. The molecule has 3 unspecified atom stereocenters. The summed E-state index contributed by atoms with van der Waals surface area (Å²) in [4.78, 5) is 30.7. The number of carbonyl (C=O) groups excluding carboxylic acids is 1. The summed E-state index contributed by atoms with van der Waals surface area (Å²) in [6.45, 7) is 1.72. The third-order valence-electron chi connectivity index (χ3n) is 6.26. The number of rotatable bonds is 6. The Morgan fingerprint density at radius 1 is 1.15 bits per heavy atom. The van der Waals surface area contributed by atoms with Crippen LogP contribution in [0.4, 0.5) is 19.0 Å². The highest BCUT2D eigenvalue weighted by Gasteiger charge is 2.47. The number of ether oxygens (including phenoxy) is 1. The average molecular weight is 471 g/mol. The molecule has 4 rings (SSSR count). The summed E-state index contributed by atoms with van der Waals surface area (Å²) in [5.41, 5.74) is 0.00840. The number of nitrogens with zero attached hydrogens (tertiary/aromatic N) is 1. The molecule has 9 heteroatoms. The van der Waals surface area contributed by atoms with Crippen molar-refractivity contribution < 1.29 is 22.7 Å². The second-order valence-corrected chi connectivity index (χ2v) is 8.55. The Hall–Kier alpha value is -3.62. The Labute approximate surface area is 194 Å². The summed E-state index contributed by atoms with van der Waals surface area (Å²) in [5.74, 6) is -4.26. The standard InChI is InChI=1S/C25H24F3N3O3/c1-15(16-10-11-25(27,28)21(12-16)17-2-9-23(32)30-13-17)24(33)31-22-8-7-20(14-29-22)34-19-5-3-18(26)4-6-19/h2-9,13-16,21H,10-12H2,1H3,(H,30,32)(H,29,31,33). The van der Waals surface area contributed by atoms with Gasteiger partial charge in [0.05, 0.1) is 6.20 Å². The molecule has 178 valence electrons. The first-order chi connectivity index (χ1) is 16.2. The van der Waals surface area contributed by atoms with Crippen LogP contribution in [0.1, 0.15) is 37.7 Å². The maximum absolute atomic E-state index is 14.6. The van der Waals surface area contributed by atoms with Crippen LogP contribution < -0.4 is 15.6 Å². The van der Waals surface area contributed by atoms with Crippen molar-refractivity contribution in [2.45, 2.75) is 38.0 Å². The summed E-state index contributed by atoms with van der Waals surface area (Å²) >= 11 is 0. The van der Waals surface area contributed by atoms with E-state index in [1.807, 2.05) is 0 Å².